The van der Waals surface area contributed by atoms with E-state index < -0.39 is 12.0 Å². The van der Waals surface area contributed by atoms with Crippen molar-refractivity contribution in [1.29, 1.82) is 0 Å². The molecule has 106 valence electrons. The smallest absolute Gasteiger partial charge is 0.327 e. The molecule has 0 aliphatic rings. The van der Waals surface area contributed by atoms with Crippen molar-refractivity contribution in [3.05, 3.63) is 12.2 Å². The van der Waals surface area contributed by atoms with Crippen LogP contribution < -0.4 is 5.32 Å². The van der Waals surface area contributed by atoms with Crippen LogP contribution in [-0.2, 0) is 15.3 Å². The highest BCUT2D eigenvalue weighted by molar-refractivity contribution is 7.98. The summed E-state index contributed by atoms with van der Waals surface area (Å²) in [5, 5.41) is 15.5. The minimum atomic E-state index is -1.03. The molecular formula is C11H18N4O3S. The van der Waals surface area contributed by atoms with E-state index in [9.17, 15) is 9.59 Å². The lowest BCUT2D eigenvalue weighted by Gasteiger charge is -2.13. The molecule has 2 N–H and O–H groups in total. The second-order valence-electron chi connectivity index (χ2n) is 4.32. The maximum atomic E-state index is 10.9. The molecule has 1 aromatic rings. The van der Waals surface area contributed by atoms with Crippen LogP contribution in [0.1, 0.15) is 32.6 Å². The third-order valence-corrected chi connectivity index (χ3v) is 3.36. The van der Waals surface area contributed by atoms with Crippen LogP contribution in [-0.4, -0.2) is 43.5 Å². The molecule has 1 atom stereocenters. The van der Waals surface area contributed by atoms with Gasteiger partial charge in [-0.1, -0.05) is 0 Å². The van der Waals surface area contributed by atoms with Gasteiger partial charge in [0.05, 0.1) is 5.75 Å². The molecule has 7 nitrogen and oxygen atoms in total. The van der Waals surface area contributed by atoms with E-state index in [1.165, 1.54) is 25.0 Å². The lowest BCUT2D eigenvalue weighted by atomic mass is 10.3. The number of nitrogens with one attached hydrogen (secondary N) is 1. The minimum Gasteiger partial charge on any atom is -0.480 e. The molecule has 0 aliphatic carbocycles. The quantitative estimate of drug-likeness (QED) is 0.765. The number of aromatic nitrogens is 3. The van der Waals surface area contributed by atoms with Crippen molar-refractivity contribution < 1.29 is 14.7 Å². The number of carboxylic acids is 1. The highest BCUT2D eigenvalue weighted by atomic mass is 32.2. The summed E-state index contributed by atoms with van der Waals surface area (Å²) in [4.78, 5) is 26.0. The van der Waals surface area contributed by atoms with E-state index in [0.717, 1.165) is 5.82 Å². The summed E-state index contributed by atoms with van der Waals surface area (Å²) in [5.41, 5.74) is 0. The second kappa shape index (κ2) is 7.13. The van der Waals surface area contributed by atoms with Gasteiger partial charge in [-0.25, -0.2) is 14.5 Å². The van der Waals surface area contributed by atoms with Crippen molar-refractivity contribution in [3.63, 3.8) is 0 Å². The molecule has 0 saturated carbocycles. The molecule has 0 spiro atoms. The minimum absolute atomic E-state index is 0.212. The van der Waals surface area contributed by atoms with E-state index in [4.69, 9.17) is 5.11 Å². The molecule has 0 radical (unpaired) electrons. The summed E-state index contributed by atoms with van der Waals surface area (Å²) in [6.07, 6.45) is 1.48. The third-order valence-electron chi connectivity index (χ3n) is 2.33. The van der Waals surface area contributed by atoms with Crippen LogP contribution in [0.15, 0.2) is 6.33 Å². The number of hydrogen-bond acceptors (Lipinski definition) is 5. The first-order valence-corrected chi connectivity index (χ1v) is 7.03. The fourth-order valence-corrected chi connectivity index (χ4v) is 2.47. The average molecular weight is 286 g/mol. The van der Waals surface area contributed by atoms with Gasteiger partial charge in [0.15, 0.2) is 0 Å². The van der Waals surface area contributed by atoms with E-state index in [2.05, 4.69) is 15.4 Å². The molecule has 0 bridgehead atoms. The average Bonchev–Trinajstić information content (AvgIpc) is 2.75. The fraction of sp³-hybridized carbons (Fsp3) is 0.636. The fourth-order valence-electron chi connectivity index (χ4n) is 1.50. The first-order valence-electron chi connectivity index (χ1n) is 5.87. The predicted octanol–water partition coefficient (Wildman–Crippen LogP) is 0.681. The Hall–Kier alpha value is -1.57. The zero-order valence-corrected chi connectivity index (χ0v) is 12.0. The van der Waals surface area contributed by atoms with Gasteiger partial charge in [-0.05, 0) is 13.8 Å². The van der Waals surface area contributed by atoms with E-state index in [-0.39, 0.29) is 11.9 Å². The third kappa shape index (κ3) is 4.90. The standard InChI is InChI=1S/C11H18N4O3S/c1-7(2)15-10(12-6-13-15)5-19-4-9(11(17)18)14-8(3)16/h6-7,9H,4-5H2,1-3H3,(H,14,16)(H,17,18)/t9-/m0/s1. The summed E-state index contributed by atoms with van der Waals surface area (Å²) >= 11 is 1.40. The molecule has 0 fully saturated rings. The van der Waals surface area contributed by atoms with E-state index in [1.54, 1.807) is 4.68 Å². The first-order chi connectivity index (χ1) is 8.91. The Morgan fingerprint density at radius 1 is 1.53 bits per heavy atom. The molecule has 0 unspecified atom stereocenters. The zero-order valence-electron chi connectivity index (χ0n) is 11.2. The van der Waals surface area contributed by atoms with Crippen molar-refractivity contribution in [3.8, 4) is 0 Å². The number of thioether (sulfide) groups is 1. The number of carboxylic acid groups (broad SMARTS) is 1. The van der Waals surface area contributed by atoms with Gasteiger partial charge in [0.2, 0.25) is 5.91 Å². The van der Waals surface area contributed by atoms with Crippen molar-refractivity contribution in [2.75, 3.05) is 5.75 Å². The van der Waals surface area contributed by atoms with Crippen molar-refractivity contribution >= 4 is 23.6 Å². The second-order valence-corrected chi connectivity index (χ2v) is 5.35. The van der Waals surface area contributed by atoms with Crippen LogP contribution in [0.2, 0.25) is 0 Å². The Morgan fingerprint density at radius 2 is 2.21 bits per heavy atom. The van der Waals surface area contributed by atoms with Gasteiger partial charge in [-0.3, -0.25) is 4.79 Å². The van der Waals surface area contributed by atoms with Gasteiger partial charge in [0.1, 0.15) is 18.2 Å². The lowest BCUT2D eigenvalue weighted by Crippen LogP contribution is -2.41. The molecule has 19 heavy (non-hydrogen) atoms. The highest BCUT2D eigenvalue weighted by Crippen LogP contribution is 2.14. The maximum absolute atomic E-state index is 10.9. The van der Waals surface area contributed by atoms with Gasteiger partial charge in [-0.2, -0.15) is 16.9 Å². The molecule has 8 heteroatoms. The highest BCUT2D eigenvalue weighted by Gasteiger charge is 2.18. The summed E-state index contributed by atoms with van der Waals surface area (Å²) in [5.74, 6) is 0.264. The summed E-state index contributed by atoms with van der Waals surface area (Å²) in [6, 6.07) is -0.665. The molecule has 1 aromatic heterocycles. The Morgan fingerprint density at radius 3 is 2.74 bits per heavy atom. The Balaban J connectivity index is 2.50. The molecular weight excluding hydrogens is 268 g/mol. The largest absolute Gasteiger partial charge is 0.480 e. The van der Waals surface area contributed by atoms with E-state index in [1.807, 2.05) is 13.8 Å². The molecule has 0 aliphatic heterocycles. The van der Waals surface area contributed by atoms with Crippen LogP contribution in [0.3, 0.4) is 0 Å². The maximum Gasteiger partial charge on any atom is 0.327 e. The van der Waals surface area contributed by atoms with Crippen LogP contribution in [0.4, 0.5) is 0 Å². The van der Waals surface area contributed by atoms with Crippen LogP contribution in [0, 0.1) is 0 Å². The molecule has 0 saturated heterocycles. The van der Waals surface area contributed by atoms with Gasteiger partial charge < -0.3 is 10.4 Å². The summed E-state index contributed by atoms with van der Waals surface area (Å²) < 4.78 is 1.79. The monoisotopic (exact) mass is 286 g/mol. The van der Waals surface area contributed by atoms with Gasteiger partial charge >= 0.3 is 5.97 Å². The SMILES string of the molecule is CC(=O)N[C@@H](CSCc1ncnn1C(C)C)C(=O)O. The number of hydrogen-bond donors (Lipinski definition) is 2. The molecule has 1 heterocycles. The van der Waals surface area contributed by atoms with Gasteiger partial charge in [0, 0.05) is 18.7 Å². The Labute approximate surface area is 115 Å². The number of nitrogens with zero attached hydrogens (tertiary/aromatic N) is 3. The van der Waals surface area contributed by atoms with Crippen molar-refractivity contribution in [1.82, 2.24) is 20.1 Å². The predicted molar refractivity (Wildman–Crippen MR) is 71.8 cm³/mol. The normalized spacial score (nSPS) is 12.4. The molecule has 1 rings (SSSR count). The number of carbonyl (C=O) groups excluding carboxylic acids is 1. The number of rotatable bonds is 7. The number of amides is 1. The topological polar surface area (TPSA) is 97.1 Å². The van der Waals surface area contributed by atoms with E-state index >= 15 is 0 Å². The Kier molecular flexibility index (Phi) is 5.81. The van der Waals surface area contributed by atoms with Crippen LogP contribution in [0.5, 0.6) is 0 Å². The molecule has 0 aromatic carbocycles. The zero-order chi connectivity index (χ0) is 14.4. The lowest BCUT2D eigenvalue weighted by molar-refractivity contribution is -0.140. The Bertz CT molecular complexity index is 447. The van der Waals surface area contributed by atoms with Crippen molar-refractivity contribution in [2.45, 2.75) is 38.6 Å². The number of carbonyl (C=O) groups is 2. The summed E-state index contributed by atoms with van der Waals surface area (Å²) in [7, 11) is 0. The van der Waals surface area contributed by atoms with Gasteiger partial charge in [-0.15, -0.1) is 0 Å². The van der Waals surface area contributed by atoms with Crippen molar-refractivity contribution in [2.24, 2.45) is 0 Å². The van der Waals surface area contributed by atoms with Crippen LogP contribution in [0.25, 0.3) is 0 Å². The molecule has 1 amide bonds. The van der Waals surface area contributed by atoms with E-state index in [0.29, 0.717) is 11.5 Å². The van der Waals surface area contributed by atoms with Gasteiger partial charge in [0.25, 0.3) is 0 Å². The first kappa shape index (κ1) is 15.5. The summed E-state index contributed by atoms with van der Waals surface area (Å²) in [6.45, 7) is 5.30. The number of aliphatic carboxylic acids is 1. The van der Waals surface area contributed by atoms with Crippen LogP contribution >= 0.6 is 11.8 Å².